The van der Waals surface area contributed by atoms with Gasteiger partial charge in [-0.1, -0.05) is 6.07 Å². The Morgan fingerprint density at radius 3 is 2.65 bits per heavy atom. The number of benzene rings is 1. The van der Waals surface area contributed by atoms with E-state index in [9.17, 15) is 4.79 Å². The van der Waals surface area contributed by atoms with Crippen LogP contribution in [0.2, 0.25) is 0 Å². The van der Waals surface area contributed by atoms with E-state index in [1.54, 1.807) is 12.4 Å². The van der Waals surface area contributed by atoms with E-state index in [2.05, 4.69) is 22.1 Å². The number of ether oxygens (including phenoxy) is 1. The van der Waals surface area contributed by atoms with Gasteiger partial charge in [-0.15, -0.1) is 0 Å². The van der Waals surface area contributed by atoms with Crippen LogP contribution in [0.3, 0.4) is 0 Å². The first-order valence-electron chi connectivity index (χ1n) is 7.80. The zero-order chi connectivity index (χ0) is 16.2. The van der Waals surface area contributed by atoms with Crippen molar-refractivity contribution < 1.29 is 9.53 Å². The molecule has 0 aliphatic carbocycles. The van der Waals surface area contributed by atoms with Gasteiger partial charge in [0.05, 0.1) is 30.7 Å². The molecule has 0 bridgehead atoms. The summed E-state index contributed by atoms with van der Waals surface area (Å²) < 4.78 is 5.36. The smallest absolute Gasteiger partial charge is 0.257 e. The van der Waals surface area contributed by atoms with Gasteiger partial charge in [-0.05, 0) is 43.2 Å². The van der Waals surface area contributed by atoms with Gasteiger partial charge in [0.25, 0.3) is 5.91 Å². The van der Waals surface area contributed by atoms with Crippen LogP contribution >= 0.6 is 0 Å². The molecule has 23 heavy (non-hydrogen) atoms. The largest absolute Gasteiger partial charge is 0.378 e. The Kier molecular flexibility index (Phi) is 4.57. The maximum absolute atomic E-state index is 12.5. The molecule has 3 rings (SSSR count). The second kappa shape index (κ2) is 6.79. The predicted molar refractivity (Wildman–Crippen MR) is 91.1 cm³/mol. The molecule has 2 aromatic rings. The quantitative estimate of drug-likeness (QED) is 0.947. The Morgan fingerprint density at radius 2 is 1.91 bits per heavy atom. The van der Waals surface area contributed by atoms with E-state index in [0.29, 0.717) is 18.8 Å². The summed E-state index contributed by atoms with van der Waals surface area (Å²) in [6.07, 6.45) is 3.39. The van der Waals surface area contributed by atoms with Crippen molar-refractivity contribution in [1.82, 2.24) is 4.98 Å². The van der Waals surface area contributed by atoms with Gasteiger partial charge >= 0.3 is 0 Å². The molecule has 0 spiro atoms. The van der Waals surface area contributed by atoms with Crippen molar-refractivity contribution in [3.05, 3.63) is 53.3 Å². The summed E-state index contributed by atoms with van der Waals surface area (Å²) in [7, 11) is 0. The number of morpholine rings is 1. The first-order valence-corrected chi connectivity index (χ1v) is 7.80. The number of amides is 1. The van der Waals surface area contributed by atoms with Gasteiger partial charge in [0.2, 0.25) is 0 Å². The summed E-state index contributed by atoms with van der Waals surface area (Å²) in [5.74, 6) is -0.143. The lowest BCUT2D eigenvalue weighted by Crippen LogP contribution is -2.36. The molecule has 0 radical (unpaired) electrons. The third-order valence-corrected chi connectivity index (χ3v) is 4.13. The average Bonchev–Trinajstić information content (AvgIpc) is 2.59. The summed E-state index contributed by atoms with van der Waals surface area (Å²) in [6, 6.07) is 7.79. The normalized spacial score (nSPS) is 14.6. The van der Waals surface area contributed by atoms with Gasteiger partial charge in [-0.3, -0.25) is 9.78 Å². The van der Waals surface area contributed by atoms with E-state index in [1.165, 1.54) is 5.56 Å². The number of aromatic nitrogens is 1. The number of carbonyl (C=O) groups excluding carboxylic acids is 1. The lowest BCUT2D eigenvalue weighted by atomic mass is 10.1. The Morgan fingerprint density at radius 1 is 1.13 bits per heavy atom. The second-order valence-electron chi connectivity index (χ2n) is 5.78. The van der Waals surface area contributed by atoms with Crippen molar-refractivity contribution in [3.63, 3.8) is 0 Å². The zero-order valence-corrected chi connectivity index (χ0v) is 13.5. The fourth-order valence-corrected chi connectivity index (χ4v) is 2.57. The van der Waals surface area contributed by atoms with E-state index in [-0.39, 0.29) is 5.91 Å². The number of nitrogens with one attached hydrogen (secondary N) is 1. The van der Waals surface area contributed by atoms with Crippen LogP contribution in [0, 0.1) is 13.8 Å². The first kappa shape index (κ1) is 15.5. The summed E-state index contributed by atoms with van der Waals surface area (Å²) in [5.41, 5.74) is 4.69. The Labute approximate surface area is 136 Å². The molecule has 1 aliphatic rings. The molecule has 120 valence electrons. The highest BCUT2D eigenvalue weighted by molar-refractivity contribution is 6.04. The number of rotatable bonds is 3. The molecule has 0 unspecified atom stereocenters. The molecule has 1 aliphatic heterocycles. The number of nitrogens with zero attached hydrogens (tertiary/aromatic N) is 2. The maximum Gasteiger partial charge on any atom is 0.257 e. The fourth-order valence-electron chi connectivity index (χ4n) is 2.57. The van der Waals surface area contributed by atoms with Crippen molar-refractivity contribution in [3.8, 4) is 0 Å². The molecule has 1 fully saturated rings. The van der Waals surface area contributed by atoms with Crippen LogP contribution in [0.25, 0.3) is 0 Å². The summed E-state index contributed by atoms with van der Waals surface area (Å²) in [6.45, 7) is 7.15. The number of carbonyl (C=O) groups is 1. The van der Waals surface area contributed by atoms with Crippen LogP contribution in [0.15, 0.2) is 36.7 Å². The van der Waals surface area contributed by atoms with Crippen LogP contribution in [0.1, 0.15) is 21.5 Å². The molecule has 1 saturated heterocycles. The van der Waals surface area contributed by atoms with E-state index in [0.717, 1.165) is 30.0 Å². The highest BCUT2D eigenvalue weighted by atomic mass is 16.5. The van der Waals surface area contributed by atoms with Crippen molar-refractivity contribution in [2.24, 2.45) is 0 Å². The van der Waals surface area contributed by atoms with E-state index >= 15 is 0 Å². The summed E-state index contributed by atoms with van der Waals surface area (Å²) in [4.78, 5) is 18.8. The summed E-state index contributed by atoms with van der Waals surface area (Å²) >= 11 is 0. The zero-order valence-electron chi connectivity index (χ0n) is 13.5. The molecule has 0 saturated carbocycles. The monoisotopic (exact) mass is 311 g/mol. The van der Waals surface area contributed by atoms with Gasteiger partial charge in [-0.25, -0.2) is 0 Å². The Hall–Kier alpha value is -2.40. The topological polar surface area (TPSA) is 54.5 Å². The SMILES string of the molecule is Cc1ccc(NC(=O)c2cncc(N3CCOCC3)c2)cc1C. The number of hydrogen-bond donors (Lipinski definition) is 1. The molecule has 5 nitrogen and oxygen atoms in total. The lowest BCUT2D eigenvalue weighted by molar-refractivity contribution is 0.102. The van der Waals surface area contributed by atoms with Gasteiger partial charge < -0.3 is 15.0 Å². The molecular weight excluding hydrogens is 290 g/mol. The van der Waals surface area contributed by atoms with Crippen LogP contribution in [-0.4, -0.2) is 37.2 Å². The number of aryl methyl sites for hydroxylation is 2. The van der Waals surface area contributed by atoms with Gasteiger partial charge in [-0.2, -0.15) is 0 Å². The van der Waals surface area contributed by atoms with Gasteiger partial charge in [0.15, 0.2) is 0 Å². The van der Waals surface area contributed by atoms with Crippen molar-refractivity contribution in [1.29, 1.82) is 0 Å². The van der Waals surface area contributed by atoms with Crippen LogP contribution in [0.4, 0.5) is 11.4 Å². The molecule has 1 aromatic heterocycles. The van der Waals surface area contributed by atoms with Crippen LogP contribution in [-0.2, 0) is 4.74 Å². The van der Waals surface area contributed by atoms with E-state index < -0.39 is 0 Å². The molecule has 2 heterocycles. The lowest BCUT2D eigenvalue weighted by Gasteiger charge is -2.28. The molecule has 5 heteroatoms. The van der Waals surface area contributed by atoms with Crippen LogP contribution in [0.5, 0.6) is 0 Å². The molecule has 1 N–H and O–H groups in total. The third-order valence-electron chi connectivity index (χ3n) is 4.13. The molecular formula is C18H21N3O2. The molecule has 1 amide bonds. The van der Waals surface area contributed by atoms with Crippen molar-refractivity contribution >= 4 is 17.3 Å². The van der Waals surface area contributed by atoms with E-state index in [4.69, 9.17) is 4.74 Å². The molecule has 0 atom stereocenters. The first-order chi connectivity index (χ1) is 11.1. The minimum atomic E-state index is -0.143. The fraction of sp³-hybridized carbons (Fsp3) is 0.333. The maximum atomic E-state index is 12.5. The average molecular weight is 311 g/mol. The Bertz CT molecular complexity index is 709. The van der Waals surface area contributed by atoms with Crippen molar-refractivity contribution in [2.45, 2.75) is 13.8 Å². The summed E-state index contributed by atoms with van der Waals surface area (Å²) in [5, 5.41) is 2.93. The van der Waals surface area contributed by atoms with Gasteiger partial charge in [0.1, 0.15) is 0 Å². The van der Waals surface area contributed by atoms with Crippen molar-refractivity contribution in [2.75, 3.05) is 36.5 Å². The number of anilines is 2. The number of pyridine rings is 1. The predicted octanol–water partition coefficient (Wildman–Crippen LogP) is 2.79. The van der Waals surface area contributed by atoms with Crippen LogP contribution < -0.4 is 10.2 Å². The second-order valence-corrected chi connectivity index (χ2v) is 5.78. The number of hydrogen-bond acceptors (Lipinski definition) is 4. The third kappa shape index (κ3) is 3.68. The van der Waals surface area contributed by atoms with Gasteiger partial charge in [0, 0.05) is 25.0 Å². The standard InChI is InChI=1S/C18H21N3O2/c1-13-3-4-16(9-14(13)2)20-18(22)15-10-17(12-19-11-15)21-5-7-23-8-6-21/h3-4,9-12H,5-8H2,1-2H3,(H,20,22). The minimum Gasteiger partial charge on any atom is -0.378 e. The van der Waals surface area contributed by atoms with E-state index in [1.807, 2.05) is 31.2 Å². The highest BCUT2D eigenvalue weighted by Gasteiger charge is 2.14. The molecule has 1 aromatic carbocycles. The minimum absolute atomic E-state index is 0.143. The Balaban J connectivity index is 1.75. The highest BCUT2D eigenvalue weighted by Crippen LogP contribution is 2.18.